The average Bonchev–Trinajstić information content (AvgIpc) is 2.46. The first-order chi connectivity index (χ1) is 10.5. The van der Waals surface area contributed by atoms with Crippen LogP contribution in [0.2, 0.25) is 0 Å². The van der Waals surface area contributed by atoms with Crippen molar-refractivity contribution in [1.29, 1.82) is 0 Å². The van der Waals surface area contributed by atoms with Gasteiger partial charge in [0.05, 0.1) is 6.26 Å². The summed E-state index contributed by atoms with van der Waals surface area (Å²) >= 11 is 0. The van der Waals surface area contributed by atoms with E-state index in [9.17, 15) is 8.42 Å². The van der Waals surface area contributed by atoms with Gasteiger partial charge in [-0.05, 0) is 10.6 Å². The van der Waals surface area contributed by atoms with Gasteiger partial charge in [-0.1, -0.05) is 60.7 Å². The Morgan fingerprint density at radius 3 is 1.82 bits per heavy atom. The molecule has 0 aromatic heterocycles. The first kappa shape index (κ1) is 15.6. The Hall–Kier alpha value is -1.26. The molecule has 0 atom stereocenters. The quantitative estimate of drug-likeness (QED) is 0.616. The van der Waals surface area contributed by atoms with Gasteiger partial charge in [0.1, 0.15) is 6.10 Å². The Bertz CT molecular complexity index is 676. The molecule has 0 unspecified atom stereocenters. The largest absolute Gasteiger partial charge is 0.269 e. The van der Waals surface area contributed by atoms with Gasteiger partial charge in [-0.25, -0.2) is 0 Å². The monoisotopic (exact) mass is 335 g/mol. The SMILES string of the molecule is CS(=O)(=O)OC1CN(P(c2ccccc2)c2ccccc2)C1. The summed E-state index contributed by atoms with van der Waals surface area (Å²) in [5.74, 6) is 0. The Kier molecular flexibility index (Phi) is 4.59. The first-order valence-corrected chi connectivity index (χ1v) is 10.2. The van der Waals surface area contributed by atoms with Gasteiger partial charge < -0.3 is 0 Å². The normalized spacial score (nSPS) is 16.6. The van der Waals surface area contributed by atoms with E-state index in [0.29, 0.717) is 13.1 Å². The van der Waals surface area contributed by atoms with Crippen LogP contribution >= 0.6 is 8.07 Å². The molecule has 6 heteroatoms. The summed E-state index contributed by atoms with van der Waals surface area (Å²) in [7, 11) is -4.02. The fourth-order valence-electron chi connectivity index (χ4n) is 2.50. The van der Waals surface area contributed by atoms with E-state index in [1.807, 2.05) is 36.4 Å². The minimum absolute atomic E-state index is 0.229. The van der Waals surface area contributed by atoms with Crippen molar-refractivity contribution < 1.29 is 12.6 Å². The van der Waals surface area contributed by atoms with Gasteiger partial charge in [0.2, 0.25) is 0 Å². The van der Waals surface area contributed by atoms with Crippen molar-refractivity contribution in [3.05, 3.63) is 60.7 Å². The zero-order valence-corrected chi connectivity index (χ0v) is 14.0. The molecule has 0 radical (unpaired) electrons. The summed E-state index contributed by atoms with van der Waals surface area (Å²) in [6.07, 6.45) is 0.875. The van der Waals surface area contributed by atoms with Gasteiger partial charge in [-0.15, -0.1) is 0 Å². The average molecular weight is 335 g/mol. The summed E-state index contributed by atoms with van der Waals surface area (Å²) in [4.78, 5) is 0. The number of benzene rings is 2. The maximum atomic E-state index is 11.2. The molecule has 0 bridgehead atoms. The van der Waals surface area contributed by atoms with Gasteiger partial charge in [0, 0.05) is 21.2 Å². The molecule has 1 saturated heterocycles. The molecular weight excluding hydrogens is 317 g/mol. The molecule has 0 aliphatic carbocycles. The lowest BCUT2D eigenvalue weighted by Gasteiger charge is -2.43. The van der Waals surface area contributed by atoms with Crippen LogP contribution < -0.4 is 10.6 Å². The fraction of sp³-hybridized carbons (Fsp3) is 0.250. The lowest BCUT2D eigenvalue weighted by Crippen LogP contribution is -2.52. The molecule has 0 amide bonds. The highest BCUT2D eigenvalue weighted by Crippen LogP contribution is 2.42. The van der Waals surface area contributed by atoms with Crippen molar-refractivity contribution in [2.45, 2.75) is 6.10 Å². The van der Waals surface area contributed by atoms with Gasteiger partial charge in [0.25, 0.3) is 10.1 Å². The summed E-state index contributed by atoms with van der Waals surface area (Å²) in [5, 5.41) is 2.53. The highest BCUT2D eigenvalue weighted by Gasteiger charge is 2.36. The number of hydrogen-bond donors (Lipinski definition) is 0. The molecule has 0 spiro atoms. The Balaban J connectivity index is 1.80. The van der Waals surface area contributed by atoms with Crippen LogP contribution in [0.25, 0.3) is 0 Å². The van der Waals surface area contributed by atoms with Crippen molar-refractivity contribution in [2.75, 3.05) is 19.3 Å². The van der Waals surface area contributed by atoms with E-state index in [4.69, 9.17) is 4.18 Å². The smallest absolute Gasteiger partial charge is 0.264 e. The standard InChI is InChI=1S/C16H18NO3PS/c1-22(18,19)20-14-12-17(13-14)21(15-8-4-2-5-9-15)16-10-6-3-7-11-16/h2-11,14H,12-13H2,1H3. The molecule has 22 heavy (non-hydrogen) atoms. The van der Waals surface area contributed by atoms with E-state index in [-0.39, 0.29) is 6.10 Å². The third kappa shape index (κ3) is 3.73. The van der Waals surface area contributed by atoms with Gasteiger partial charge >= 0.3 is 0 Å². The van der Waals surface area contributed by atoms with Crippen LogP contribution in [0, 0.1) is 0 Å². The molecule has 1 aliphatic heterocycles. The number of nitrogens with zero attached hydrogens (tertiary/aromatic N) is 1. The van der Waals surface area contributed by atoms with Crippen molar-refractivity contribution in [3.8, 4) is 0 Å². The second-order valence-electron chi connectivity index (χ2n) is 5.28. The number of rotatable bonds is 5. The topological polar surface area (TPSA) is 46.6 Å². The van der Waals surface area contributed by atoms with Gasteiger partial charge in [-0.3, -0.25) is 8.85 Å². The Morgan fingerprint density at radius 1 is 0.955 bits per heavy atom. The van der Waals surface area contributed by atoms with Crippen LogP contribution in [0.1, 0.15) is 0 Å². The molecule has 1 heterocycles. The van der Waals surface area contributed by atoms with Crippen molar-refractivity contribution in [1.82, 2.24) is 4.67 Å². The van der Waals surface area contributed by atoms with E-state index >= 15 is 0 Å². The Morgan fingerprint density at radius 2 is 1.41 bits per heavy atom. The van der Waals surface area contributed by atoms with Crippen molar-refractivity contribution in [2.24, 2.45) is 0 Å². The third-order valence-corrected chi connectivity index (χ3v) is 6.51. The molecule has 3 rings (SSSR count). The first-order valence-electron chi connectivity index (χ1n) is 7.06. The lowest BCUT2D eigenvalue weighted by atomic mass is 10.2. The van der Waals surface area contributed by atoms with Crippen LogP contribution in [0.5, 0.6) is 0 Å². The fourth-order valence-corrected chi connectivity index (χ4v) is 5.67. The summed E-state index contributed by atoms with van der Waals surface area (Å²) in [5.41, 5.74) is 0. The molecule has 2 aromatic carbocycles. The summed E-state index contributed by atoms with van der Waals surface area (Å²) in [6.45, 7) is 1.28. The minimum atomic E-state index is -3.38. The molecule has 1 fully saturated rings. The predicted molar refractivity (Wildman–Crippen MR) is 90.4 cm³/mol. The zero-order chi connectivity index (χ0) is 15.6. The third-order valence-electron chi connectivity index (χ3n) is 3.42. The minimum Gasteiger partial charge on any atom is -0.269 e. The van der Waals surface area contributed by atoms with Crippen LogP contribution in [0.3, 0.4) is 0 Å². The molecule has 1 aliphatic rings. The molecule has 4 nitrogen and oxygen atoms in total. The number of hydrogen-bond acceptors (Lipinski definition) is 4. The maximum absolute atomic E-state index is 11.2. The van der Waals surface area contributed by atoms with Crippen LogP contribution in [0.15, 0.2) is 60.7 Å². The molecule has 0 saturated carbocycles. The predicted octanol–water partition coefficient (Wildman–Crippen LogP) is 1.69. The van der Waals surface area contributed by atoms with E-state index < -0.39 is 18.2 Å². The summed E-state index contributed by atoms with van der Waals surface area (Å²) < 4.78 is 29.8. The van der Waals surface area contributed by atoms with Crippen LogP contribution in [0.4, 0.5) is 0 Å². The second-order valence-corrected chi connectivity index (χ2v) is 9.10. The van der Waals surface area contributed by atoms with Gasteiger partial charge in [-0.2, -0.15) is 8.42 Å². The second kappa shape index (κ2) is 6.47. The van der Waals surface area contributed by atoms with Crippen molar-refractivity contribution in [3.63, 3.8) is 0 Å². The van der Waals surface area contributed by atoms with E-state index in [1.165, 1.54) is 10.6 Å². The van der Waals surface area contributed by atoms with E-state index in [0.717, 1.165) is 6.26 Å². The zero-order valence-electron chi connectivity index (χ0n) is 12.3. The van der Waals surface area contributed by atoms with Crippen molar-refractivity contribution >= 4 is 28.8 Å². The Labute approximate surface area is 132 Å². The highest BCUT2D eigenvalue weighted by atomic mass is 32.2. The highest BCUT2D eigenvalue weighted by molar-refractivity contribution is 7.86. The van der Waals surface area contributed by atoms with Crippen LogP contribution in [-0.4, -0.2) is 38.5 Å². The maximum Gasteiger partial charge on any atom is 0.264 e. The van der Waals surface area contributed by atoms with E-state index in [2.05, 4.69) is 28.9 Å². The summed E-state index contributed by atoms with van der Waals surface area (Å²) in [6, 6.07) is 20.7. The van der Waals surface area contributed by atoms with E-state index in [1.54, 1.807) is 0 Å². The molecule has 116 valence electrons. The lowest BCUT2D eigenvalue weighted by molar-refractivity contribution is 0.0879. The van der Waals surface area contributed by atoms with Crippen LogP contribution in [-0.2, 0) is 14.3 Å². The van der Waals surface area contributed by atoms with Gasteiger partial charge in [0.15, 0.2) is 0 Å². The molecule has 2 aromatic rings. The molecular formula is C16H18NO3PS. The molecule has 0 N–H and O–H groups in total.